The van der Waals surface area contributed by atoms with Crippen molar-refractivity contribution in [2.45, 2.75) is 25.1 Å². The highest BCUT2D eigenvalue weighted by Gasteiger charge is 2.32. The van der Waals surface area contributed by atoms with Gasteiger partial charge >= 0.3 is 5.97 Å². The van der Waals surface area contributed by atoms with Crippen LogP contribution in [0.15, 0.2) is 18.2 Å². The minimum Gasteiger partial charge on any atom is -0.497 e. The third kappa shape index (κ3) is 4.35. The van der Waals surface area contributed by atoms with E-state index in [9.17, 15) is 9.59 Å². The smallest absolute Gasteiger partial charge is 0.307 e. The molecule has 7 heteroatoms. The maximum atomic E-state index is 12.4. The molecule has 0 aromatic heterocycles. The zero-order valence-corrected chi connectivity index (χ0v) is 15.1. The summed E-state index contributed by atoms with van der Waals surface area (Å²) < 4.78 is 15.6. The molecule has 0 aliphatic carbocycles. The molecule has 0 radical (unpaired) electrons. The molecule has 1 unspecified atom stereocenters. The summed E-state index contributed by atoms with van der Waals surface area (Å²) in [5, 5.41) is -0.179. The van der Waals surface area contributed by atoms with Crippen molar-refractivity contribution in [1.82, 2.24) is 4.90 Å². The van der Waals surface area contributed by atoms with Crippen molar-refractivity contribution in [2.24, 2.45) is 0 Å². The Kier molecular flexibility index (Phi) is 6.78. The van der Waals surface area contributed by atoms with Gasteiger partial charge < -0.3 is 19.1 Å². The van der Waals surface area contributed by atoms with Crippen LogP contribution in [-0.4, -0.2) is 49.9 Å². The molecule has 24 heavy (non-hydrogen) atoms. The maximum Gasteiger partial charge on any atom is 0.307 e. The first kappa shape index (κ1) is 18.4. The van der Waals surface area contributed by atoms with E-state index in [1.165, 1.54) is 0 Å². The minimum atomic E-state index is -0.290. The third-order valence-corrected chi connectivity index (χ3v) is 5.03. The highest BCUT2D eigenvalue weighted by Crippen LogP contribution is 2.42. The van der Waals surface area contributed by atoms with Crippen molar-refractivity contribution in [1.29, 1.82) is 0 Å². The van der Waals surface area contributed by atoms with Gasteiger partial charge in [0.15, 0.2) is 0 Å². The molecule has 6 nitrogen and oxygen atoms in total. The van der Waals surface area contributed by atoms with Gasteiger partial charge in [-0.15, -0.1) is 11.8 Å². The average Bonchev–Trinajstić information content (AvgIpc) is 2.60. The minimum absolute atomic E-state index is 0.0425. The molecule has 1 aromatic carbocycles. The number of rotatable bonds is 7. The summed E-state index contributed by atoms with van der Waals surface area (Å²) >= 11 is 1.67. The predicted octanol–water partition coefficient (Wildman–Crippen LogP) is 2.62. The summed E-state index contributed by atoms with van der Waals surface area (Å²) in [5.74, 6) is 1.86. The highest BCUT2D eigenvalue weighted by molar-refractivity contribution is 7.99. The average molecular weight is 353 g/mol. The predicted molar refractivity (Wildman–Crippen MR) is 92.3 cm³/mol. The topological polar surface area (TPSA) is 65.1 Å². The molecule has 0 spiro atoms. The van der Waals surface area contributed by atoms with Gasteiger partial charge in [0, 0.05) is 30.3 Å². The summed E-state index contributed by atoms with van der Waals surface area (Å²) in [7, 11) is 3.19. The van der Waals surface area contributed by atoms with E-state index in [2.05, 4.69) is 0 Å². The van der Waals surface area contributed by atoms with Gasteiger partial charge in [-0.05, 0) is 19.1 Å². The SMILES string of the molecule is CCOC(=O)CCN1C(=O)CCSC1c1ccc(OC)cc1OC. The maximum absolute atomic E-state index is 12.4. The van der Waals surface area contributed by atoms with Gasteiger partial charge in [-0.1, -0.05) is 0 Å². The Morgan fingerprint density at radius 3 is 2.79 bits per heavy atom. The number of thioether (sulfide) groups is 1. The lowest BCUT2D eigenvalue weighted by Crippen LogP contribution is -2.38. The van der Waals surface area contributed by atoms with Gasteiger partial charge in [0.05, 0.1) is 27.2 Å². The fourth-order valence-electron chi connectivity index (χ4n) is 2.59. The van der Waals surface area contributed by atoms with Crippen LogP contribution in [0.5, 0.6) is 11.5 Å². The first-order chi connectivity index (χ1) is 11.6. The second-order valence-corrected chi connectivity index (χ2v) is 6.41. The standard InChI is InChI=1S/C17H23NO5S/c1-4-23-16(20)7-9-18-15(19)8-10-24-17(18)13-6-5-12(21-2)11-14(13)22-3/h5-6,11,17H,4,7-10H2,1-3H3. The number of methoxy groups -OCH3 is 2. The molecule has 1 fully saturated rings. The van der Waals surface area contributed by atoms with Crippen LogP contribution in [0.4, 0.5) is 0 Å². The largest absolute Gasteiger partial charge is 0.497 e. The fourth-order valence-corrected chi connectivity index (χ4v) is 3.88. The summed E-state index contributed by atoms with van der Waals surface area (Å²) in [4.78, 5) is 25.7. The first-order valence-electron chi connectivity index (χ1n) is 7.89. The first-order valence-corrected chi connectivity index (χ1v) is 8.94. The molecule has 0 N–H and O–H groups in total. The van der Waals surface area contributed by atoms with Crippen LogP contribution in [0, 0.1) is 0 Å². The molecule has 1 amide bonds. The van der Waals surface area contributed by atoms with E-state index in [1.807, 2.05) is 12.1 Å². The molecule has 0 saturated carbocycles. The van der Waals surface area contributed by atoms with Gasteiger partial charge in [-0.3, -0.25) is 9.59 Å². The van der Waals surface area contributed by atoms with Crippen LogP contribution in [0.2, 0.25) is 0 Å². The van der Waals surface area contributed by atoms with Gasteiger partial charge in [0.1, 0.15) is 16.9 Å². The second-order valence-electron chi connectivity index (χ2n) is 5.22. The number of benzene rings is 1. The van der Waals surface area contributed by atoms with Gasteiger partial charge in [-0.2, -0.15) is 0 Å². The molecule has 2 rings (SSSR count). The van der Waals surface area contributed by atoms with Crippen molar-refractivity contribution in [2.75, 3.05) is 33.1 Å². The van der Waals surface area contributed by atoms with Gasteiger partial charge in [0.25, 0.3) is 0 Å². The normalized spacial score (nSPS) is 17.5. The van der Waals surface area contributed by atoms with Gasteiger partial charge in [-0.25, -0.2) is 0 Å². The summed E-state index contributed by atoms with van der Waals surface area (Å²) in [5.41, 5.74) is 0.903. The van der Waals surface area contributed by atoms with E-state index < -0.39 is 0 Å². The summed E-state index contributed by atoms with van der Waals surface area (Å²) in [6, 6.07) is 5.56. The monoisotopic (exact) mass is 353 g/mol. The number of hydrogen-bond donors (Lipinski definition) is 0. The Hall–Kier alpha value is -1.89. The molecule has 1 heterocycles. The zero-order chi connectivity index (χ0) is 17.5. The van der Waals surface area contributed by atoms with Crippen LogP contribution in [0.25, 0.3) is 0 Å². The number of nitrogens with zero attached hydrogens (tertiary/aromatic N) is 1. The number of carbonyl (C=O) groups excluding carboxylic acids is 2. The summed E-state index contributed by atoms with van der Waals surface area (Å²) in [6.45, 7) is 2.45. The molecule has 1 aliphatic heterocycles. The second kappa shape index (κ2) is 8.82. The number of ether oxygens (including phenoxy) is 3. The lowest BCUT2D eigenvalue weighted by Gasteiger charge is -2.35. The molecular weight excluding hydrogens is 330 g/mol. The molecule has 1 saturated heterocycles. The quantitative estimate of drug-likeness (QED) is 0.702. The van der Waals surface area contributed by atoms with E-state index in [0.717, 1.165) is 11.3 Å². The Morgan fingerprint density at radius 1 is 1.33 bits per heavy atom. The van der Waals surface area contributed by atoms with E-state index >= 15 is 0 Å². The van der Waals surface area contributed by atoms with E-state index in [0.29, 0.717) is 31.1 Å². The van der Waals surface area contributed by atoms with Crippen LogP contribution in [0.3, 0.4) is 0 Å². The zero-order valence-electron chi connectivity index (χ0n) is 14.2. The van der Waals surface area contributed by atoms with Crippen LogP contribution in [-0.2, 0) is 14.3 Å². The van der Waals surface area contributed by atoms with Crippen LogP contribution >= 0.6 is 11.8 Å². The lowest BCUT2D eigenvalue weighted by atomic mass is 10.1. The Labute approximate surface area is 146 Å². The molecule has 132 valence electrons. The van der Waals surface area contributed by atoms with Crippen LogP contribution < -0.4 is 9.47 Å². The lowest BCUT2D eigenvalue weighted by molar-refractivity contribution is -0.144. The Bertz CT molecular complexity index is 592. The third-order valence-electron chi connectivity index (χ3n) is 3.76. The van der Waals surface area contributed by atoms with E-state index in [1.54, 1.807) is 43.9 Å². The van der Waals surface area contributed by atoms with Gasteiger partial charge in [0.2, 0.25) is 5.91 Å². The molecule has 1 aliphatic rings. The Balaban J connectivity index is 2.21. The van der Waals surface area contributed by atoms with E-state index in [-0.39, 0.29) is 23.7 Å². The van der Waals surface area contributed by atoms with E-state index in [4.69, 9.17) is 14.2 Å². The van der Waals surface area contributed by atoms with Crippen LogP contribution in [0.1, 0.15) is 30.7 Å². The Morgan fingerprint density at radius 2 is 2.12 bits per heavy atom. The fraction of sp³-hybridized carbons (Fsp3) is 0.529. The molecule has 0 bridgehead atoms. The summed E-state index contributed by atoms with van der Waals surface area (Å²) in [6.07, 6.45) is 0.664. The highest BCUT2D eigenvalue weighted by atomic mass is 32.2. The van der Waals surface area contributed by atoms with Crippen molar-refractivity contribution in [3.63, 3.8) is 0 Å². The number of carbonyl (C=O) groups is 2. The molecule has 1 atom stereocenters. The van der Waals surface area contributed by atoms with Crippen molar-refractivity contribution >= 4 is 23.6 Å². The van der Waals surface area contributed by atoms with Crippen molar-refractivity contribution in [3.8, 4) is 11.5 Å². The molecular formula is C17H23NO5S. The number of amides is 1. The number of esters is 1. The van der Waals surface area contributed by atoms with Crippen molar-refractivity contribution < 1.29 is 23.8 Å². The molecule has 1 aromatic rings. The number of hydrogen-bond acceptors (Lipinski definition) is 6. The van der Waals surface area contributed by atoms with Crippen molar-refractivity contribution in [3.05, 3.63) is 23.8 Å².